The van der Waals surface area contributed by atoms with Gasteiger partial charge >= 0.3 is 17.9 Å². The first-order chi connectivity index (χ1) is 26.3. The molecule has 3 N–H and O–H groups in total. The minimum atomic E-state index is -1.49. The maximum Gasteiger partial charge on any atom is 0.309 e. The summed E-state index contributed by atoms with van der Waals surface area (Å²) >= 11 is 0. The Morgan fingerprint density at radius 1 is 0.946 bits per heavy atom. The molecular weight excluding hydrogens is 738 g/mol. The molecule has 0 aliphatic carbocycles. The number of aldehydes is 1. The van der Waals surface area contributed by atoms with E-state index in [9.17, 15) is 34.5 Å². The summed E-state index contributed by atoms with van der Waals surface area (Å²) in [5.74, 6) is -3.04. The Morgan fingerprint density at radius 2 is 1.62 bits per heavy atom. The maximum atomic E-state index is 13.3. The van der Waals surface area contributed by atoms with Gasteiger partial charge in [0.25, 0.3) is 0 Å². The molecule has 3 saturated heterocycles. The summed E-state index contributed by atoms with van der Waals surface area (Å²) in [6.45, 7) is 10.9. The fraction of sp³-hybridized carbons (Fsp3) is 0.846. The molecule has 0 amide bonds. The first kappa shape index (κ1) is 46.1. The molecule has 17 nitrogen and oxygen atoms in total. The Kier molecular flexibility index (Phi) is 16.4. The number of cyclic esters (lactones) is 1. The maximum absolute atomic E-state index is 13.3. The summed E-state index contributed by atoms with van der Waals surface area (Å²) in [5, 5.41) is 34.4. The van der Waals surface area contributed by atoms with Crippen molar-refractivity contribution in [2.24, 2.45) is 11.8 Å². The topological polar surface area (TPSA) is 219 Å². The van der Waals surface area contributed by atoms with Gasteiger partial charge in [-0.05, 0) is 60.0 Å². The molecule has 4 aliphatic rings. The van der Waals surface area contributed by atoms with Gasteiger partial charge in [0.1, 0.15) is 48.5 Å². The minimum absolute atomic E-state index is 0.0497. The number of hydrogen-bond acceptors (Lipinski definition) is 17. The van der Waals surface area contributed by atoms with E-state index in [1.807, 2.05) is 6.92 Å². The van der Waals surface area contributed by atoms with Crippen LogP contribution in [0, 0.1) is 11.8 Å². The first-order valence-corrected chi connectivity index (χ1v) is 19.5. The predicted molar refractivity (Wildman–Crippen MR) is 196 cm³/mol. The molecule has 0 radical (unpaired) electrons. The van der Waals surface area contributed by atoms with E-state index in [0.717, 1.165) is 0 Å². The third-order valence-corrected chi connectivity index (χ3v) is 11.0. The molecule has 0 spiro atoms. The third kappa shape index (κ3) is 12.0. The number of hydrogen-bond donors (Lipinski definition) is 3. The molecule has 0 saturated carbocycles. The zero-order valence-corrected chi connectivity index (χ0v) is 34.2. The number of esters is 3. The van der Waals surface area contributed by atoms with E-state index in [1.54, 1.807) is 51.9 Å². The number of likely N-dealkylation sites (N-methyl/N-ethyl adjacent to an activating group) is 1. The van der Waals surface area contributed by atoms with Crippen molar-refractivity contribution in [3.05, 3.63) is 12.2 Å². The van der Waals surface area contributed by atoms with Gasteiger partial charge in [-0.2, -0.15) is 0 Å². The molecule has 56 heavy (non-hydrogen) atoms. The molecule has 0 bridgehead atoms. The van der Waals surface area contributed by atoms with Crippen LogP contribution < -0.4 is 0 Å². The molecule has 18 atom stereocenters. The van der Waals surface area contributed by atoms with Crippen LogP contribution in [0.3, 0.4) is 0 Å². The van der Waals surface area contributed by atoms with Gasteiger partial charge in [0.05, 0.1) is 43.0 Å². The van der Waals surface area contributed by atoms with E-state index in [4.69, 9.17) is 42.6 Å². The van der Waals surface area contributed by atoms with E-state index in [-0.39, 0.29) is 31.5 Å². The SMILES string of the molecule is CO[C@@H]1[C@@H](O[C@@H]2O[C@H](C)[C@@H](O[C@H]3C[C@@](C)(O)[C@@H](OC(C)=O)[C@H](C)O3)[C@H](N(C)C)[C@H]2O)[C@@H](CC=O)C[C@@H](C)[C@@H](O)/C=C/[C@@H]2O[C@H]2C[C@@H](C)OC(=O)C[C@H]1OC(C)=O. The van der Waals surface area contributed by atoms with Crippen LogP contribution in [0.15, 0.2) is 12.2 Å². The van der Waals surface area contributed by atoms with Gasteiger partial charge in [-0.25, -0.2) is 0 Å². The lowest BCUT2D eigenvalue weighted by Crippen LogP contribution is -2.66. The number of fused-ring (bicyclic) bond motifs is 1. The summed E-state index contributed by atoms with van der Waals surface area (Å²) in [6, 6.07) is -0.782. The van der Waals surface area contributed by atoms with Crippen molar-refractivity contribution >= 4 is 24.2 Å². The molecule has 4 heterocycles. The highest BCUT2D eigenvalue weighted by Gasteiger charge is 2.53. The average molecular weight is 802 g/mol. The second-order valence-corrected chi connectivity index (χ2v) is 16.2. The first-order valence-electron chi connectivity index (χ1n) is 19.5. The Labute approximate surface area is 329 Å². The summed E-state index contributed by atoms with van der Waals surface area (Å²) in [7, 11) is 4.84. The average Bonchev–Trinajstić information content (AvgIpc) is 3.82. The summed E-state index contributed by atoms with van der Waals surface area (Å²) in [4.78, 5) is 51.5. The second-order valence-electron chi connectivity index (χ2n) is 16.2. The highest BCUT2D eigenvalue weighted by molar-refractivity contribution is 5.72. The number of carbonyl (C=O) groups excluding carboxylic acids is 4. The largest absolute Gasteiger partial charge is 0.462 e. The molecule has 4 rings (SSSR count). The van der Waals surface area contributed by atoms with Crippen LogP contribution in [-0.4, -0.2) is 163 Å². The van der Waals surface area contributed by atoms with Crippen LogP contribution in [0.2, 0.25) is 0 Å². The van der Waals surface area contributed by atoms with Gasteiger partial charge in [0, 0.05) is 40.2 Å². The van der Waals surface area contributed by atoms with E-state index < -0.39 is 121 Å². The number of aliphatic hydroxyl groups is 3. The van der Waals surface area contributed by atoms with E-state index in [1.165, 1.54) is 27.9 Å². The third-order valence-electron chi connectivity index (χ3n) is 11.0. The van der Waals surface area contributed by atoms with E-state index in [2.05, 4.69) is 0 Å². The number of carbonyl (C=O) groups is 4. The smallest absolute Gasteiger partial charge is 0.309 e. The molecule has 0 aromatic carbocycles. The molecule has 4 aliphatic heterocycles. The quantitative estimate of drug-likeness (QED) is 0.0929. The van der Waals surface area contributed by atoms with Gasteiger partial charge in [-0.1, -0.05) is 19.1 Å². The van der Waals surface area contributed by atoms with Crippen molar-refractivity contribution in [3.63, 3.8) is 0 Å². The van der Waals surface area contributed by atoms with Gasteiger partial charge in [0.2, 0.25) is 0 Å². The molecule has 17 heteroatoms. The number of epoxide rings is 1. The van der Waals surface area contributed by atoms with Gasteiger partial charge in [0.15, 0.2) is 18.7 Å². The molecule has 0 unspecified atom stereocenters. The predicted octanol–water partition coefficient (Wildman–Crippen LogP) is 1.20. The van der Waals surface area contributed by atoms with Crippen molar-refractivity contribution in [1.29, 1.82) is 0 Å². The van der Waals surface area contributed by atoms with Gasteiger partial charge < -0.3 is 67.6 Å². The van der Waals surface area contributed by atoms with Crippen LogP contribution in [0.5, 0.6) is 0 Å². The van der Waals surface area contributed by atoms with Gasteiger partial charge in [-0.3, -0.25) is 14.4 Å². The zero-order chi connectivity index (χ0) is 41.6. The fourth-order valence-corrected chi connectivity index (χ4v) is 8.27. The molecule has 3 fully saturated rings. The van der Waals surface area contributed by atoms with E-state index >= 15 is 0 Å². The minimum Gasteiger partial charge on any atom is -0.462 e. The molecule has 0 aromatic rings. The number of nitrogens with zero attached hydrogens (tertiary/aromatic N) is 1. The van der Waals surface area contributed by atoms with Crippen LogP contribution in [-0.2, 0) is 61.8 Å². The van der Waals surface area contributed by atoms with Crippen molar-refractivity contribution in [1.82, 2.24) is 4.90 Å². The highest BCUT2D eigenvalue weighted by atomic mass is 16.7. The normalized spacial score (nSPS) is 44.5. The fourth-order valence-electron chi connectivity index (χ4n) is 8.27. The Balaban J connectivity index is 1.66. The second kappa shape index (κ2) is 19.9. The van der Waals surface area contributed by atoms with Crippen molar-refractivity contribution < 1.29 is 77.1 Å². The number of rotatable bonds is 10. The molecule has 320 valence electrons. The summed E-state index contributed by atoms with van der Waals surface area (Å²) in [6.07, 6.45) is -8.25. The monoisotopic (exact) mass is 801 g/mol. The zero-order valence-electron chi connectivity index (χ0n) is 34.2. The molecule has 0 aromatic heterocycles. The number of methoxy groups -OCH3 is 1. The van der Waals surface area contributed by atoms with Crippen LogP contribution in [0.1, 0.15) is 80.6 Å². The van der Waals surface area contributed by atoms with Crippen molar-refractivity contribution in [2.45, 2.75) is 178 Å². The summed E-state index contributed by atoms with van der Waals surface area (Å²) < 4.78 is 53.8. The van der Waals surface area contributed by atoms with Crippen LogP contribution in [0.25, 0.3) is 0 Å². The Morgan fingerprint density at radius 3 is 2.21 bits per heavy atom. The Bertz CT molecular complexity index is 1360. The number of ether oxygens (including phenoxy) is 9. The van der Waals surface area contributed by atoms with Crippen molar-refractivity contribution in [2.75, 3.05) is 21.2 Å². The highest BCUT2D eigenvalue weighted by Crippen LogP contribution is 2.38. The van der Waals surface area contributed by atoms with Crippen LogP contribution in [0.4, 0.5) is 0 Å². The van der Waals surface area contributed by atoms with Crippen LogP contribution >= 0.6 is 0 Å². The van der Waals surface area contributed by atoms with Crippen molar-refractivity contribution in [3.8, 4) is 0 Å². The van der Waals surface area contributed by atoms with E-state index in [0.29, 0.717) is 12.7 Å². The lowest BCUT2D eigenvalue weighted by molar-refractivity contribution is -0.344. The molecular formula is C39H63NO16. The number of aliphatic hydroxyl groups excluding tert-OH is 2. The Hall–Kier alpha value is -2.58. The summed E-state index contributed by atoms with van der Waals surface area (Å²) in [5.41, 5.74) is -1.49. The van der Waals surface area contributed by atoms with Gasteiger partial charge in [-0.15, -0.1) is 0 Å². The lowest BCUT2D eigenvalue weighted by atomic mass is 9.82. The lowest BCUT2D eigenvalue weighted by Gasteiger charge is -2.50. The standard InChI is InChI=1S/C39H63NO16/c1-19-15-25(13-14-41)35(36(48-10)29(52-23(5)42)17-30(45)49-20(2)16-28-27(54-28)12-11-26(19)44)56-38-33(46)32(40(8)9)34(21(3)51-38)55-31-18-39(7,47)37(22(4)50-31)53-24(6)43/h11-12,14,19-22,25-29,31-38,44,46-47H,13,15-18H2,1-10H3/b12-11+/t19-,20-,21-,22+,25+,26+,27+,28+,29-,31+,32-,33-,34-,35+,36+,37+,38+,39-/m1/s1.